The fourth-order valence-electron chi connectivity index (χ4n) is 4.09. The molecule has 0 atom stereocenters. The topological polar surface area (TPSA) is 36.9 Å². The van der Waals surface area contributed by atoms with Gasteiger partial charge in [0.1, 0.15) is 5.82 Å². The summed E-state index contributed by atoms with van der Waals surface area (Å²) in [5, 5.41) is 3.59. The molecule has 0 amide bonds. The quantitative estimate of drug-likeness (QED) is 0.393. The van der Waals surface area contributed by atoms with E-state index in [1.54, 1.807) is 12.1 Å². The zero-order valence-corrected chi connectivity index (χ0v) is 19.5. The molecule has 3 rings (SSSR count). The second-order valence-corrected chi connectivity index (χ2v) is 8.83. The summed E-state index contributed by atoms with van der Waals surface area (Å²) in [5.41, 5.74) is 1.23. The van der Waals surface area contributed by atoms with Gasteiger partial charge in [-0.3, -0.25) is 4.99 Å². The normalized spacial score (nSPS) is 23.2. The molecule has 0 aliphatic carbocycles. The molecular formula is C21H33FIN3O. The molecule has 1 aromatic rings. The van der Waals surface area contributed by atoms with Crippen LogP contribution in [0, 0.1) is 11.2 Å². The summed E-state index contributed by atoms with van der Waals surface area (Å²) in [6.45, 7) is 12.3. The van der Waals surface area contributed by atoms with Crippen molar-refractivity contribution in [2.24, 2.45) is 10.4 Å². The van der Waals surface area contributed by atoms with Crippen molar-refractivity contribution in [3.8, 4) is 0 Å². The Morgan fingerprint density at radius 2 is 1.89 bits per heavy atom. The highest BCUT2D eigenvalue weighted by molar-refractivity contribution is 14.0. The van der Waals surface area contributed by atoms with Gasteiger partial charge >= 0.3 is 0 Å². The monoisotopic (exact) mass is 489 g/mol. The van der Waals surface area contributed by atoms with E-state index in [0.29, 0.717) is 13.2 Å². The van der Waals surface area contributed by atoms with Gasteiger partial charge in [0.2, 0.25) is 0 Å². The highest BCUT2D eigenvalue weighted by Gasteiger charge is 2.54. The minimum Gasteiger partial charge on any atom is -0.381 e. The Labute approximate surface area is 180 Å². The predicted molar refractivity (Wildman–Crippen MR) is 119 cm³/mol. The number of halogens is 2. The second kappa shape index (κ2) is 8.23. The first-order valence-electron chi connectivity index (χ1n) is 9.54. The lowest BCUT2D eigenvalue weighted by molar-refractivity contribution is -0.0671. The molecule has 6 heteroatoms. The van der Waals surface area contributed by atoms with Crippen molar-refractivity contribution in [2.45, 2.75) is 51.5 Å². The molecule has 2 aliphatic heterocycles. The van der Waals surface area contributed by atoms with E-state index in [1.807, 2.05) is 13.1 Å². The fraction of sp³-hybridized carbons (Fsp3) is 0.667. The average Bonchev–Trinajstić information content (AvgIpc) is 2.62. The predicted octanol–water partition coefficient (Wildman–Crippen LogP) is 4.19. The third-order valence-corrected chi connectivity index (χ3v) is 6.82. The number of nitrogens with one attached hydrogen (secondary N) is 1. The smallest absolute Gasteiger partial charge is 0.194 e. The van der Waals surface area contributed by atoms with Crippen molar-refractivity contribution in [1.29, 1.82) is 0 Å². The number of guanidine groups is 1. The largest absolute Gasteiger partial charge is 0.381 e. The van der Waals surface area contributed by atoms with Crippen LogP contribution in [0.5, 0.6) is 0 Å². The van der Waals surface area contributed by atoms with Gasteiger partial charge in [-0.25, -0.2) is 4.39 Å². The fourth-order valence-corrected chi connectivity index (χ4v) is 4.09. The summed E-state index contributed by atoms with van der Waals surface area (Å²) in [7, 11) is 1.84. The highest BCUT2D eigenvalue weighted by atomic mass is 127. The van der Waals surface area contributed by atoms with Gasteiger partial charge in [-0.05, 0) is 44.4 Å². The molecule has 4 nitrogen and oxygen atoms in total. The summed E-state index contributed by atoms with van der Waals surface area (Å²) < 4.78 is 19.4. The van der Waals surface area contributed by atoms with E-state index in [-0.39, 0.29) is 46.2 Å². The minimum atomic E-state index is -0.177. The van der Waals surface area contributed by atoms with Crippen LogP contribution < -0.4 is 5.32 Å². The van der Waals surface area contributed by atoms with E-state index in [4.69, 9.17) is 4.74 Å². The van der Waals surface area contributed by atoms with Gasteiger partial charge in [0, 0.05) is 49.7 Å². The van der Waals surface area contributed by atoms with Crippen LogP contribution in [0.2, 0.25) is 0 Å². The summed E-state index contributed by atoms with van der Waals surface area (Å²) in [4.78, 5) is 6.86. The lowest BCUT2D eigenvalue weighted by atomic mass is 9.65. The molecule has 2 heterocycles. The number of likely N-dealkylation sites (tertiary alicyclic amines) is 1. The molecule has 0 saturated carbocycles. The Hall–Kier alpha value is -0.890. The van der Waals surface area contributed by atoms with E-state index < -0.39 is 0 Å². The van der Waals surface area contributed by atoms with Crippen LogP contribution >= 0.6 is 24.0 Å². The van der Waals surface area contributed by atoms with Crippen LogP contribution in [0.15, 0.2) is 29.3 Å². The van der Waals surface area contributed by atoms with Crippen LogP contribution in [0.4, 0.5) is 4.39 Å². The van der Waals surface area contributed by atoms with E-state index in [0.717, 1.165) is 37.5 Å². The van der Waals surface area contributed by atoms with Gasteiger partial charge in [0.25, 0.3) is 0 Å². The summed E-state index contributed by atoms with van der Waals surface area (Å²) in [5.74, 6) is 0.750. The molecule has 27 heavy (non-hydrogen) atoms. The van der Waals surface area contributed by atoms with Gasteiger partial charge in [-0.1, -0.05) is 26.0 Å². The van der Waals surface area contributed by atoms with Gasteiger partial charge < -0.3 is 15.0 Å². The number of ether oxygens (including phenoxy) is 1. The molecule has 0 bridgehead atoms. The van der Waals surface area contributed by atoms with Crippen molar-refractivity contribution in [1.82, 2.24) is 10.2 Å². The Morgan fingerprint density at radius 3 is 2.41 bits per heavy atom. The Balaban J connectivity index is 0.00000261. The first-order valence-corrected chi connectivity index (χ1v) is 9.54. The Morgan fingerprint density at radius 1 is 1.22 bits per heavy atom. The molecule has 152 valence electrons. The molecule has 2 saturated heterocycles. The van der Waals surface area contributed by atoms with E-state index in [1.165, 1.54) is 6.07 Å². The third kappa shape index (κ3) is 4.11. The minimum absolute atomic E-state index is 0. The van der Waals surface area contributed by atoms with Gasteiger partial charge in [0.05, 0.1) is 0 Å². The van der Waals surface area contributed by atoms with Crippen molar-refractivity contribution < 1.29 is 9.13 Å². The molecule has 2 aliphatic rings. The average molecular weight is 489 g/mol. The summed E-state index contributed by atoms with van der Waals surface area (Å²) in [6, 6.07) is 7.02. The van der Waals surface area contributed by atoms with Gasteiger partial charge in [-0.15, -0.1) is 24.0 Å². The summed E-state index contributed by atoms with van der Waals surface area (Å²) >= 11 is 0. The first kappa shape index (κ1) is 22.4. The maximum Gasteiger partial charge on any atom is 0.194 e. The van der Waals surface area contributed by atoms with Crippen molar-refractivity contribution in [3.05, 3.63) is 35.6 Å². The standard InChI is InChI=1S/C21H32FN3O.HI/c1-19(2)15-25(20(19,3)4)18(23-5)24-14-21(9-11-26-12-10-21)16-7-6-8-17(22)13-16;/h6-8,13H,9-12,14-15H2,1-5H3,(H,23,24);1H. The van der Waals surface area contributed by atoms with Crippen LogP contribution in [0.3, 0.4) is 0 Å². The maximum atomic E-state index is 13.9. The van der Waals surface area contributed by atoms with E-state index >= 15 is 0 Å². The maximum absolute atomic E-state index is 13.9. The van der Waals surface area contributed by atoms with E-state index in [2.05, 4.69) is 42.9 Å². The molecule has 1 aromatic carbocycles. The Bertz CT molecular complexity index is 684. The van der Waals surface area contributed by atoms with Gasteiger partial charge in [-0.2, -0.15) is 0 Å². The zero-order valence-electron chi connectivity index (χ0n) is 17.1. The van der Waals surface area contributed by atoms with Crippen molar-refractivity contribution in [3.63, 3.8) is 0 Å². The van der Waals surface area contributed by atoms with Crippen molar-refractivity contribution >= 4 is 29.9 Å². The summed E-state index contributed by atoms with van der Waals surface area (Å²) in [6.07, 6.45) is 1.77. The number of benzene rings is 1. The lowest BCUT2D eigenvalue weighted by Crippen LogP contribution is -2.72. The molecular weight excluding hydrogens is 456 g/mol. The lowest BCUT2D eigenvalue weighted by Gasteiger charge is -2.62. The molecule has 1 N–H and O–H groups in total. The highest BCUT2D eigenvalue weighted by Crippen LogP contribution is 2.46. The number of aliphatic imine (C=N–C) groups is 1. The molecule has 0 aromatic heterocycles. The van der Waals surface area contributed by atoms with Crippen LogP contribution in [-0.2, 0) is 10.2 Å². The number of nitrogens with zero attached hydrogens (tertiary/aromatic N) is 2. The number of hydrogen-bond donors (Lipinski definition) is 1. The SMILES string of the molecule is CN=C(NCC1(c2cccc(F)c2)CCOCC1)N1CC(C)(C)C1(C)C.I. The van der Waals surface area contributed by atoms with E-state index in [9.17, 15) is 4.39 Å². The molecule has 0 spiro atoms. The zero-order chi connectivity index (χ0) is 19.0. The van der Waals surface area contributed by atoms with Crippen LogP contribution in [0.1, 0.15) is 46.1 Å². The molecule has 0 radical (unpaired) electrons. The molecule has 2 fully saturated rings. The number of hydrogen-bond acceptors (Lipinski definition) is 2. The third-order valence-electron chi connectivity index (χ3n) is 6.82. The van der Waals surface area contributed by atoms with Crippen LogP contribution in [-0.4, -0.2) is 49.7 Å². The second-order valence-electron chi connectivity index (χ2n) is 8.83. The first-order chi connectivity index (χ1) is 12.2. The number of rotatable bonds is 3. The molecule has 0 unspecified atom stereocenters. The van der Waals surface area contributed by atoms with Crippen molar-refractivity contribution in [2.75, 3.05) is 33.4 Å². The Kier molecular flexibility index (Phi) is 6.83. The van der Waals surface area contributed by atoms with Crippen LogP contribution in [0.25, 0.3) is 0 Å². The van der Waals surface area contributed by atoms with Gasteiger partial charge in [0.15, 0.2) is 5.96 Å².